The van der Waals surface area contributed by atoms with Crippen LogP contribution in [0.5, 0.6) is 0 Å². The molecule has 3 heterocycles. The Kier molecular flexibility index (Phi) is 4.73. The summed E-state index contributed by atoms with van der Waals surface area (Å²) in [4.78, 5) is 33.5. The van der Waals surface area contributed by atoms with Crippen LogP contribution in [-0.2, 0) is 0 Å². The van der Waals surface area contributed by atoms with Crippen LogP contribution in [-0.4, -0.2) is 26.3 Å². The van der Waals surface area contributed by atoms with Crippen molar-refractivity contribution in [2.45, 2.75) is 13.8 Å². The highest BCUT2D eigenvalue weighted by Gasteiger charge is 2.15. The van der Waals surface area contributed by atoms with E-state index in [4.69, 9.17) is 5.73 Å². The number of nitrogens with zero attached hydrogens (tertiary/aromatic N) is 3. The lowest BCUT2D eigenvalue weighted by Gasteiger charge is -2.10. The topological polar surface area (TPSA) is 114 Å². The molecule has 146 valence electrons. The minimum absolute atomic E-state index is 0.231. The third-order valence-corrected chi connectivity index (χ3v) is 5.24. The van der Waals surface area contributed by atoms with Gasteiger partial charge in [-0.05, 0) is 43.7 Å². The van der Waals surface area contributed by atoms with Gasteiger partial charge in [-0.2, -0.15) is 0 Å². The number of benzene rings is 1. The lowest BCUT2D eigenvalue weighted by atomic mass is 10.0. The summed E-state index contributed by atoms with van der Waals surface area (Å²) in [7, 11) is 0. The van der Waals surface area contributed by atoms with E-state index in [-0.39, 0.29) is 5.91 Å². The highest BCUT2D eigenvalue weighted by molar-refractivity contribution is 7.15. The van der Waals surface area contributed by atoms with E-state index in [9.17, 15) is 9.59 Å². The van der Waals surface area contributed by atoms with Crippen LogP contribution in [0.25, 0.3) is 16.9 Å². The zero-order valence-electron chi connectivity index (χ0n) is 15.8. The molecular weight excluding hydrogens is 388 g/mol. The lowest BCUT2D eigenvalue weighted by molar-refractivity contribution is 0.102. The summed E-state index contributed by atoms with van der Waals surface area (Å²) in [5.41, 5.74) is 9.47. The number of imidazole rings is 1. The van der Waals surface area contributed by atoms with E-state index in [1.165, 1.54) is 11.3 Å². The van der Waals surface area contributed by atoms with E-state index in [1.54, 1.807) is 30.6 Å². The molecule has 0 atom stereocenters. The van der Waals surface area contributed by atoms with E-state index in [2.05, 4.69) is 20.6 Å². The first-order valence-electron chi connectivity index (χ1n) is 8.79. The van der Waals surface area contributed by atoms with Gasteiger partial charge in [-0.15, -0.1) is 11.3 Å². The number of anilines is 2. The maximum Gasteiger partial charge on any atom is 0.316 e. The Hall–Kier alpha value is -3.72. The zero-order valence-corrected chi connectivity index (χ0v) is 16.6. The number of nitrogens with one attached hydrogen (secondary N) is 2. The Bertz CT molecular complexity index is 1240. The van der Waals surface area contributed by atoms with Crippen molar-refractivity contribution in [2.75, 3.05) is 10.6 Å². The van der Waals surface area contributed by atoms with E-state index < -0.39 is 6.03 Å². The van der Waals surface area contributed by atoms with Crippen molar-refractivity contribution < 1.29 is 9.59 Å². The second-order valence-electron chi connectivity index (χ2n) is 6.51. The molecule has 3 amide bonds. The van der Waals surface area contributed by atoms with Crippen molar-refractivity contribution in [2.24, 2.45) is 5.73 Å². The summed E-state index contributed by atoms with van der Waals surface area (Å²) in [6.07, 6.45) is 5.26. The van der Waals surface area contributed by atoms with Crippen LogP contribution in [0.1, 0.15) is 20.8 Å². The van der Waals surface area contributed by atoms with Crippen molar-refractivity contribution in [3.63, 3.8) is 0 Å². The summed E-state index contributed by atoms with van der Waals surface area (Å²) >= 11 is 1.42. The number of rotatable bonds is 4. The van der Waals surface area contributed by atoms with Gasteiger partial charge in [0.2, 0.25) is 0 Å². The van der Waals surface area contributed by atoms with Gasteiger partial charge in [-0.25, -0.2) is 14.8 Å². The van der Waals surface area contributed by atoms with Gasteiger partial charge in [0.15, 0.2) is 10.8 Å². The average molecular weight is 406 g/mol. The number of aryl methyl sites for hydroxylation is 2. The van der Waals surface area contributed by atoms with Gasteiger partial charge in [0.25, 0.3) is 5.91 Å². The first kappa shape index (κ1) is 18.6. The molecular formula is C20H18N6O2S. The Morgan fingerprint density at radius 2 is 1.93 bits per heavy atom. The smallest absolute Gasteiger partial charge is 0.316 e. The molecule has 0 spiro atoms. The largest absolute Gasteiger partial charge is 0.351 e. The number of primary amides is 1. The first-order chi connectivity index (χ1) is 13.9. The molecule has 0 fully saturated rings. The second kappa shape index (κ2) is 7.36. The van der Waals surface area contributed by atoms with Crippen LogP contribution in [0.3, 0.4) is 0 Å². The molecule has 9 heteroatoms. The Morgan fingerprint density at radius 1 is 1.10 bits per heavy atom. The molecule has 0 saturated carbocycles. The number of amides is 3. The molecule has 0 aliphatic carbocycles. The highest BCUT2D eigenvalue weighted by Crippen LogP contribution is 2.28. The van der Waals surface area contributed by atoms with Crippen molar-refractivity contribution >= 4 is 39.7 Å². The van der Waals surface area contributed by atoms with Crippen LogP contribution < -0.4 is 16.4 Å². The maximum absolute atomic E-state index is 12.7. The van der Waals surface area contributed by atoms with Crippen LogP contribution in [0.15, 0.2) is 48.9 Å². The second-order valence-corrected chi connectivity index (χ2v) is 7.74. The molecule has 4 rings (SSSR count). The fourth-order valence-corrected chi connectivity index (χ4v) is 3.72. The number of pyridine rings is 1. The van der Waals surface area contributed by atoms with Gasteiger partial charge in [0.05, 0.1) is 17.6 Å². The molecule has 0 saturated heterocycles. The summed E-state index contributed by atoms with van der Waals surface area (Å²) < 4.78 is 1.85. The number of carbonyl (C=O) groups excluding carboxylic acids is 2. The summed E-state index contributed by atoms with van der Waals surface area (Å²) in [6, 6.07) is 8.35. The molecule has 4 N–H and O–H groups in total. The average Bonchev–Trinajstić information content (AvgIpc) is 3.28. The normalized spacial score (nSPS) is 10.8. The van der Waals surface area contributed by atoms with Gasteiger partial charge in [-0.1, -0.05) is 6.07 Å². The lowest BCUT2D eigenvalue weighted by Crippen LogP contribution is -2.19. The summed E-state index contributed by atoms with van der Waals surface area (Å²) in [6.45, 7) is 3.90. The summed E-state index contributed by atoms with van der Waals surface area (Å²) in [5.74, 6) is -0.231. The quantitative estimate of drug-likeness (QED) is 0.478. The van der Waals surface area contributed by atoms with Crippen molar-refractivity contribution in [1.29, 1.82) is 0 Å². The minimum atomic E-state index is -0.657. The number of thiazole rings is 1. The molecule has 0 aliphatic rings. The monoisotopic (exact) mass is 406 g/mol. The van der Waals surface area contributed by atoms with E-state index >= 15 is 0 Å². The van der Waals surface area contributed by atoms with Gasteiger partial charge >= 0.3 is 6.03 Å². The van der Waals surface area contributed by atoms with E-state index in [0.29, 0.717) is 22.0 Å². The van der Waals surface area contributed by atoms with E-state index in [1.807, 2.05) is 36.6 Å². The number of hydrogen-bond acceptors (Lipinski definition) is 5. The zero-order chi connectivity index (χ0) is 20.5. The SMILES string of the molecule is Cc1cnc(NC(=O)c2ccc(C)c(-c3cnc4c(NC(N)=O)cccn34)c2)s1. The molecule has 4 aromatic rings. The third kappa shape index (κ3) is 3.67. The van der Waals surface area contributed by atoms with Gasteiger partial charge in [0, 0.05) is 28.4 Å². The first-order valence-corrected chi connectivity index (χ1v) is 9.61. The minimum Gasteiger partial charge on any atom is -0.351 e. The Labute approximate surface area is 170 Å². The van der Waals surface area contributed by atoms with Gasteiger partial charge in [-0.3, -0.25) is 14.5 Å². The van der Waals surface area contributed by atoms with Crippen molar-refractivity contribution in [3.05, 3.63) is 64.9 Å². The van der Waals surface area contributed by atoms with Crippen LogP contribution in [0.2, 0.25) is 0 Å². The van der Waals surface area contributed by atoms with Gasteiger partial charge in [0.1, 0.15) is 0 Å². The van der Waals surface area contributed by atoms with E-state index in [0.717, 1.165) is 21.7 Å². The molecule has 0 unspecified atom stereocenters. The molecule has 3 aromatic heterocycles. The van der Waals surface area contributed by atoms with Crippen LogP contribution in [0.4, 0.5) is 15.6 Å². The Morgan fingerprint density at radius 3 is 2.66 bits per heavy atom. The van der Waals surface area contributed by atoms with Crippen molar-refractivity contribution in [1.82, 2.24) is 14.4 Å². The van der Waals surface area contributed by atoms with Crippen LogP contribution in [0, 0.1) is 13.8 Å². The fraction of sp³-hybridized carbons (Fsp3) is 0.100. The number of aromatic nitrogens is 3. The van der Waals surface area contributed by atoms with Gasteiger partial charge < -0.3 is 11.1 Å². The molecule has 1 aromatic carbocycles. The molecule has 8 nitrogen and oxygen atoms in total. The highest BCUT2D eigenvalue weighted by atomic mass is 32.1. The predicted octanol–water partition coefficient (Wildman–Crippen LogP) is 3.82. The fourth-order valence-electron chi connectivity index (χ4n) is 3.06. The summed E-state index contributed by atoms with van der Waals surface area (Å²) in [5, 5.41) is 5.96. The van der Waals surface area contributed by atoms with Crippen molar-refractivity contribution in [3.8, 4) is 11.3 Å². The molecule has 0 aliphatic heterocycles. The number of hydrogen-bond donors (Lipinski definition) is 3. The number of urea groups is 1. The standard InChI is InChI=1S/C20H18N6O2S/c1-11-5-6-13(18(27)25-20-23-9-12(2)29-20)8-14(11)16-10-22-17-15(24-19(21)28)4-3-7-26(16)17/h3-10H,1-2H3,(H3,21,24,28)(H,23,25,27). The molecule has 29 heavy (non-hydrogen) atoms. The molecule has 0 bridgehead atoms. The van der Waals surface area contributed by atoms with Crippen LogP contribution >= 0.6 is 11.3 Å². The number of nitrogens with two attached hydrogens (primary N) is 1. The molecule has 0 radical (unpaired) electrons. The third-order valence-electron chi connectivity index (χ3n) is 4.41. The number of fused-ring (bicyclic) bond motifs is 1. The predicted molar refractivity (Wildman–Crippen MR) is 113 cm³/mol. The number of carbonyl (C=O) groups is 2. The Balaban J connectivity index is 1.73. The maximum atomic E-state index is 12.7.